The van der Waals surface area contributed by atoms with E-state index in [2.05, 4.69) is 11.9 Å². The summed E-state index contributed by atoms with van der Waals surface area (Å²) in [5, 5.41) is 0.129. The predicted octanol–water partition coefficient (Wildman–Crippen LogP) is 3.79. The van der Waals surface area contributed by atoms with Crippen LogP contribution in [-0.4, -0.2) is 11.0 Å². The van der Waals surface area contributed by atoms with Crippen molar-refractivity contribution in [3.8, 4) is 0 Å². The molecule has 0 radical (unpaired) electrons. The minimum Gasteiger partial charge on any atom is -0.326 e. The normalized spacial score (nSPS) is 14.1. The van der Waals surface area contributed by atoms with Gasteiger partial charge in [-0.05, 0) is 42.3 Å². The highest BCUT2D eigenvalue weighted by Gasteiger charge is 2.20. The van der Waals surface area contributed by atoms with Gasteiger partial charge in [-0.2, -0.15) is 0 Å². The van der Waals surface area contributed by atoms with E-state index >= 15 is 0 Å². The van der Waals surface area contributed by atoms with E-state index in [-0.39, 0.29) is 17.1 Å². The van der Waals surface area contributed by atoms with Crippen LogP contribution in [0, 0.1) is 5.82 Å². The summed E-state index contributed by atoms with van der Waals surface area (Å²) in [7, 11) is 0. The van der Waals surface area contributed by atoms with Crippen LogP contribution in [0.25, 0.3) is 0 Å². The zero-order valence-electron chi connectivity index (χ0n) is 10.8. The summed E-state index contributed by atoms with van der Waals surface area (Å²) in [6, 6.07) is 10.5. The first-order valence-electron chi connectivity index (χ1n) is 6.28. The van der Waals surface area contributed by atoms with Crippen molar-refractivity contribution in [1.29, 1.82) is 0 Å². The maximum absolute atomic E-state index is 12.9. The molecule has 0 fully saturated rings. The van der Waals surface area contributed by atoms with E-state index in [9.17, 15) is 4.39 Å². The molecule has 0 aliphatic rings. The molecule has 0 saturated heterocycles. The van der Waals surface area contributed by atoms with Crippen LogP contribution in [-0.2, 0) is 0 Å². The number of nitrogens with two attached hydrogens (primary N) is 1. The average molecular weight is 276 g/mol. The highest BCUT2D eigenvalue weighted by molar-refractivity contribution is 7.99. The van der Waals surface area contributed by atoms with Crippen molar-refractivity contribution < 1.29 is 4.39 Å². The number of rotatable bonds is 5. The van der Waals surface area contributed by atoms with Gasteiger partial charge in [-0.1, -0.05) is 13.0 Å². The Labute approximate surface area is 117 Å². The van der Waals surface area contributed by atoms with Gasteiger partial charge >= 0.3 is 0 Å². The van der Waals surface area contributed by atoms with E-state index in [1.807, 2.05) is 18.3 Å². The van der Waals surface area contributed by atoms with Crippen LogP contribution < -0.4 is 5.73 Å². The van der Waals surface area contributed by atoms with Crippen molar-refractivity contribution in [2.24, 2.45) is 5.73 Å². The van der Waals surface area contributed by atoms with E-state index in [4.69, 9.17) is 5.73 Å². The fourth-order valence-corrected chi connectivity index (χ4v) is 3.05. The first-order chi connectivity index (χ1) is 9.20. The molecule has 1 aromatic carbocycles. The van der Waals surface area contributed by atoms with E-state index < -0.39 is 0 Å². The van der Waals surface area contributed by atoms with Crippen molar-refractivity contribution in [3.63, 3.8) is 0 Å². The summed E-state index contributed by atoms with van der Waals surface area (Å²) >= 11 is 1.65. The monoisotopic (exact) mass is 276 g/mol. The molecule has 4 heteroatoms. The van der Waals surface area contributed by atoms with Crippen molar-refractivity contribution >= 4 is 11.8 Å². The van der Waals surface area contributed by atoms with Crippen LogP contribution in [0.15, 0.2) is 53.7 Å². The third-order valence-corrected chi connectivity index (χ3v) is 4.37. The molecule has 0 amide bonds. The molecule has 2 unspecified atom stereocenters. The number of thioether (sulfide) groups is 1. The molecular formula is C15H17FN2S. The minimum absolute atomic E-state index is 0.0410. The third kappa shape index (κ3) is 3.78. The second-order valence-corrected chi connectivity index (χ2v) is 5.57. The van der Waals surface area contributed by atoms with Gasteiger partial charge in [0.05, 0.1) is 5.25 Å². The molecule has 0 spiro atoms. The van der Waals surface area contributed by atoms with Crippen LogP contribution in [0.1, 0.15) is 24.2 Å². The number of halogens is 1. The number of benzene rings is 1. The second-order valence-electron chi connectivity index (χ2n) is 4.35. The SMILES string of the molecule is CCC(N)C(Sc1ccc(F)cc1)c1cccnc1. The number of aromatic nitrogens is 1. The fraction of sp³-hybridized carbons (Fsp3) is 0.267. The lowest BCUT2D eigenvalue weighted by molar-refractivity contribution is 0.625. The summed E-state index contributed by atoms with van der Waals surface area (Å²) in [4.78, 5) is 5.16. The van der Waals surface area contributed by atoms with Gasteiger partial charge in [0.2, 0.25) is 0 Å². The lowest BCUT2D eigenvalue weighted by Crippen LogP contribution is -2.25. The lowest BCUT2D eigenvalue weighted by Gasteiger charge is -2.22. The van der Waals surface area contributed by atoms with Crippen molar-refractivity contribution in [2.45, 2.75) is 29.5 Å². The van der Waals surface area contributed by atoms with E-state index in [0.717, 1.165) is 16.9 Å². The van der Waals surface area contributed by atoms with E-state index in [0.29, 0.717) is 0 Å². The van der Waals surface area contributed by atoms with Gasteiger partial charge in [-0.3, -0.25) is 4.98 Å². The Morgan fingerprint density at radius 3 is 2.58 bits per heavy atom. The second kappa shape index (κ2) is 6.68. The van der Waals surface area contributed by atoms with E-state index in [1.54, 1.807) is 30.1 Å². The van der Waals surface area contributed by atoms with Gasteiger partial charge in [0.1, 0.15) is 5.82 Å². The zero-order chi connectivity index (χ0) is 13.7. The molecule has 19 heavy (non-hydrogen) atoms. The van der Waals surface area contributed by atoms with Gasteiger partial charge in [0.15, 0.2) is 0 Å². The molecule has 0 aliphatic heterocycles. The van der Waals surface area contributed by atoms with Crippen LogP contribution in [0.4, 0.5) is 4.39 Å². The standard InChI is InChI=1S/C15H17FN2S/c1-2-14(17)15(11-4-3-9-18-10-11)19-13-7-5-12(16)6-8-13/h3-10,14-15H,2,17H2,1H3. The van der Waals surface area contributed by atoms with Crippen LogP contribution in [0.2, 0.25) is 0 Å². The Morgan fingerprint density at radius 1 is 1.26 bits per heavy atom. The van der Waals surface area contributed by atoms with Crippen molar-refractivity contribution in [1.82, 2.24) is 4.98 Å². The molecule has 2 N–H and O–H groups in total. The molecule has 1 aromatic heterocycles. The Morgan fingerprint density at radius 2 is 2.00 bits per heavy atom. The molecule has 0 bridgehead atoms. The van der Waals surface area contributed by atoms with Crippen LogP contribution in [0.3, 0.4) is 0 Å². The summed E-state index contributed by atoms with van der Waals surface area (Å²) in [5.41, 5.74) is 7.31. The quantitative estimate of drug-likeness (QED) is 0.844. The van der Waals surface area contributed by atoms with Gasteiger partial charge in [0, 0.05) is 23.3 Å². The highest BCUT2D eigenvalue weighted by atomic mass is 32.2. The number of nitrogens with zero attached hydrogens (tertiary/aromatic N) is 1. The minimum atomic E-state index is -0.220. The Kier molecular flexibility index (Phi) is 4.93. The topological polar surface area (TPSA) is 38.9 Å². The largest absolute Gasteiger partial charge is 0.326 e. The van der Waals surface area contributed by atoms with Gasteiger partial charge in [0.25, 0.3) is 0 Å². The smallest absolute Gasteiger partial charge is 0.123 e. The summed E-state index contributed by atoms with van der Waals surface area (Å²) < 4.78 is 12.9. The van der Waals surface area contributed by atoms with Crippen LogP contribution >= 0.6 is 11.8 Å². The molecule has 2 rings (SSSR count). The first kappa shape index (κ1) is 14.0. The first-order valence-corrected chi connectivity index (χ1v) is 7.16. The summed E-state index contributed by atoms with van der Waals surface area (Å²) in [5.74, 6) is -0.220. The Bertz CT molecular complexity index is 501. The average Bonchev–Trinajstić information content (AvgIpc) is 2.47. The summed E-state index contributed by atoms with van der Waals surface area (Å²) in [6.07, 6.45) is 4.48. The third-order valence-electron chi connectivity index (χ3n) is 2.95. The Balaban J connectivity index is 2.21. The summed E-state index contributed by atoms with van der Waals surface area (Å²) in [6.45, 7) is 2.07. The molecule has 2 atom stereocenters. The molecular weight excluding hydrogens is 259 g/mol. The fourth-order valence-electron chi connectivity index (χ4n) is 1.82. The predicted molar refractivity (Wildman–Crippen MR) is 77.5 cm³/mol. The van der Waals surface area contributed by atoms with Crippen molar-refractivity contribution in [2.75, 3.05) is 0 Å². The molecule has 0 aliphatic carbocycles. The molecule has 0 saturated carbocycles. The molecule has 2 nitrogen and oxygen atoms in total. The maximum Gasteiger partial charge on any atom is 0.123 e. The number of hydrogen-bond acceptors (Lipinski definition) is 3. The van der Waals surface area contributed by atoms with Crippen molar-refractivity contribution in [3.05, 3.63) is 60.2 Å². The highest BCUT2D eigenvalue weighted by Crippen LogP contribution is 2.37. The van der Waals surface area contributed by atoms with Gasteiger partial charge in [-0.25, -0.2) is 4.39 Å². The number of hydrogen-bond donors (Lipinski definition) is 1. The maximum atomic E-state index is 12.9. The molecule has 1 heterocycles. The number of pyridine rings is 1. The lowest BCUT2D eigenvalue weighted by atomic mass is 10.1. The van der Waals surface area contributed by atoms with E-state index in [1.165, 1.54) is 12.1 Å². The molecule has 2 aromatic rings. The van der Waals surface area contributed by atoms with Crippen LogP contribution in [0.5, 0.6) is 0 Å². The molecule has 100 valence electrons. The zero-order valence-corrected chi connectivity index (χ0v) is 11.6. The van der Waals surface area contributed by atoms with Gasteiger partial charge < -0.3 is 5.73 Å². The van der Waals surface area contributed by atoms with Gasteiger partial charge in [-0.15, -0.1) is 11.8 Å². The Hall–Kier alpha value is -1.39.